The monoisotopic (exact) mass is 495 g/mol. The third-order valence-electron chi connectivity index (χ3n) is 6.90. The van der Waals surface area contributed by atoms with Gasteiger partial charge in [-0.25, -0.2) is 4.39 Å². The van der Waals surface area contributed by atoms with Crippen molar-refractivity contribution < 1.29 is 19.0 Å². The van der Waals surface area contributed by atoms with Crippen LogP contribution in [0.3, 0.4) is 0 Å². The minimum atomic E-state index is -0.785. The topological polar surface area (TPSA) is 76.0 Å². The van der Waals surface area contributed by atoms with Crippen LogP contribution >= 0.6 is 0 Å². The maximum atomic E-state index is 15.2. The van der Waals surface area contributed by atoms with E-state index < -0.39 is 5.60 Å². The van der Waals surface area contributed by atoms with E-state index >= 15 is 4.39 Å². The molecule has 2 aromatic carbocycles. The highest BCUT2D eigenvalue weighted by atomic mass is 19.1. The van der Waals surface area contributed by atoms with E-state index in [2.05, 4.69) is 5.32 Å². The Morgan fingerprint density at radius 3 is 2.81 bits per heavy atom. The Hall–Kier alpha value is -2.94. The van der Waals surface area contributed by atoms with Crippen LogP contribution in [-0.2, 0) is 4.74 Å². The number of pyridine rings is 1. The van der Waals surface area contributed by atoms with Gasteiger partial charge >= 0.3 is 0 Å². The zero-order valence-electron chi connectivity index (χ0n) is 20.9. The van der Waals surface area contributed by atoms with E-state index in [1.165, 1.54) is 10.6 Å². The number of nitrogens with zero attached hydrogens (tertiary/aromatic N) is 2. The number of anilines is 1. The van der Waals surface area contributed by atoms with E-state index in [9.17, 15) is 9.90 Å². The summed E-state index contributed by atoms with van der Waals surface area (Å²) >= 11 is 0. The molecule has 2 saturated heterocycles. The van der Waals surface area contributed by atoms with Gasteiger partial charge in [0, 0.05) is 49.9 Å². The highest BCUT2D eigenvalue weighted by Crippen LogP contribution is 2.27. The lowest BCUT2D eigenvalue weighted by Crippen LogP contribution is -2.41. The van der Waals surface area contributed by atoms with Crippen molar-refractivity contribution in [1.82, 2.24) is 9.88 Å². The first-order chi connectivity index (χ1) is 17.3. The number of aliphatic hydroxyl groups is 1. The molecule has 2 aliphatic rings. The van der Waals surface area contributed by atoms with E-state index in [0.29, 0.717) is 42.2 Å². The van der Waals surface area contributed by atoms with Crippen LogP contribution in [0, 0.1) is 5.82 Å². The lowest BCUT2D eigenvalue weighted by molar-refractivity contribution is 0.0680. The molecule has 2 aliphatic heterocycles. The van der Waals surface area contributed by atoms with Crippen LogP contribution in [0.4, 0.5) is 10.1 Å². The molecule has 0 aliphatic carbocycles. The number of aromatic nitrogens is 1. The molecule has 0 radical (unpaired) electrons. The molecule has 0 bridgehead atoms. The Balaban J connectivity index is 1.30. The Morgan fingerprint density at radius 2 is 2.06 bits per heavy atom. The second kappa shape index (κ2) is 10.2. The molecule has 36 heavy (non-hydrogen) atoms. The van der Waals surface area contributed by atoms with Gasteiger partial charge in [-0.3, -0.25) is 9.36 Å². The molecule has 0 unspecified atom stereocenters. The first-order valence-electron chi connectivity index (χ1n) is 12.7. The van der Waals surface area contributed by atoms with Crippen molar-refractivity contribution in [2.45, 2.75) is 50.9 Å². The zero-order chi connectivity index (χ0) is 25.3. The molecule has 2 N–H and O–H groups in total. The fourth-order valence-corrected chi connectivity index (χ4v) is 4.93. The van der Waals surface area contributed by atoms with Gasteiger partial charge in [0.25, 0.3) is 5.56 Å². The summed E-state index contributed by atoms with van der Waals surface area (Å²) in [6, 6.07) is 12.4. The van der Waals surface area contributed by atoms with Gasteiger partial charge in [0.15, 0.2) is 0 Å². The molecule has 0 spiro atoms. The molecule has 2 atom stereocenters. The van der Waals surface area contributed by atoms with Crippen molar-refractivity contribution in [2.24, 2.45) is 0 Å². The summed E-state index contributed by atoms with van der Waals surface area (Å²) in [6.45, 7) is 6.69. The molecule has 3 aromatic rings. The fraction of sp³-hybridized carbons (Fsp3) is 0.464. The van der Waals surface area contributed by atoms with Gasteiger partial charge in [-0.2, -0.15) is 0 Å². The van der Waals surface area contributed by atoms with E-state index in [-0.39, 0.29) is 23.5 Å². The molecular weight excluding hydrogens is 461 g/mol. The fourth-order valence-electron chi connectivity index (χ4n) is 4.93. The third kappa shape index (κ3) is 5.56. The van der Waals surface area contributed by atoms with Crippen molar-refractivity contribution in [3.05, 3.63) is 64.8 Å². The van der Waals surface area contributed by atoms with Crippen LogP contribution in [0.15, 0.2) is 53.5 Å². The summed E-state index contributed by atoms with van der Waals surface area (Å²) in [5.41, 5.74) is 0.0141. The van der Waals surface area contributed by atoms with Gasteiger partial charge in [-0.1, -0.05) is 0 Å². The quantitative estimate of drug-likeness (QED) is 0.497. The molecular formula is C28H34FN3O4. The molecule has 3 heterocycles. The van der Waals surface area contributed by atoms with Gasteiger partial charge in [0.2, 0.25) is 0 Å². The molecule has 192 valence electrons. The predicted octanol–water partition coefficient (Wildman–Crippen LogP) is 3.63. The minimum absolute atomic E-state index is 0.127. The van der Waals surface area contributed by atoms with Crippen LogP contribution in [0.1, 0.15) is 33.1 Å². The van der Waals surface area contributed by atoms with Crippen LogP contribution in [-0.4, -0.2) is 60.3 Å². The van der Waals surface area contributed by atoms with Crippen LogP contribution in [0.25, 0.3) is 16.5 Å². The summed E-state index contributed by atoms with van der Waals surface area (Å²) in [7, 11) is 0. The Bertz CT molecular complexity index is 1280. The van der Waals surface area contributed by atoms with Gasteiger partial charge < -0.3 is 24.8 Å². The Kier molecular flexibility index (Phi) is 7.01. The molecule has 8 heteroatoms. The number of fused-ring (bicyclic) bond motifs is 1. The standard InChI is InChI=1S/C28H34FN3O4/c1-28(2,34)18-30-20-10-11-31(16-20)26-8-5-21(15-25(26)29)32-12-9-19-14-22(6-7-24(19)27(32)33)36-17-23-4-3-13-35-23/h5-9,12,14-15,20,23,30,34H,3-4,10-11,13,16-18H2,1-2H3/t20-,23-/m1/s1. The molecule has 5 rings (SSSR count). The number of halogens is 1. The van der Waals surface area contributed by atoms with Crippen molar-refractivity contribution in [1.29, 1.82) is 0 Å². The summed E-state index contributed by atoms with van der Waals surface area (Å²) in [4.78, 5) is 15.2. The summed E-state index contributed by atoms with van der Waals surface area (Å²) in [6.07, 6.45) is 4.74. The van der Waals surface area contributed by atoms with Crippen LogP contribution in [0.5, 0.6) is 5.75 Å². The van der Waals surface area contributed by atoms with Gasteiger partial charge in [-0.05, 0) is 74.9 Å². The smallest absolute Gasteiger partial charge is 0.262 e. The zero-order valence-corrected chi connectivity index (χ0v) is 20.9. The number of ether oxygens (including phenoxy) is 2. The van der Waals surface area contributed by atoms with Crippen molar-refractivity contribution in [3.8, 4) is 11.4 Å². The average Bonchev–Trinajstić information content (AvgIpc) is 3.53. The second-order valence-corrected chi connectivity index (χ2v) is 10.4. The van der Waals surface area contributed by atoms with Crippen LogP contribution < -0.4 is 20.5 Å². The van der Waals surface area contributed by atoms with Crippen molar-refractivity contribution in [2.75, 3.05) is 37.7 Å². The highest BCUT2D eigenvalue weighted by molar-refractivity contribution is 5.83. The highest BCUT2D eigenvalue weighted by Gasteiger charge is 2.26. The molecule has 1 aromatic heterocycles. The molecule has 2 fully saturated rings. The van der Waals surface area contributed by atoms with E-state index in [1.54, 1.807) is 44.3 Å². The maximum absolute atomic E-state index is 15.2. The third-order valence-corrected chi connectivity index (χ3v) is 6.90. The molecule has 7 nitrogen and oxygen atoms in total. The van der Waals surface area contributed by atoms with Crippen molar-refractivity contribution in [3.63, 3.8) is 0 Å². The number of rotatable bonds is 8. The average molecular weight is 496 g/mol. The molecule has 0 saturated carbocycles. The normalized spacial score (nSPS) is 20.4. The number of benzene rings is 2. The summed E-state index contributed by atoms with van der Waals surface area (Å²) in [5, 5.41) is 14.6. The maximum Gasteiger partial charge on any atom is 0.262 e. The Labute approximate surface area is 210 Å². The second-order valence-electron chi connectivity index (χ2n) is 10.4. The Morgan fingerprint density at radius 1 is 1.19 bits per heavy atom. The lowest BCUT2D eigenvalue weighted by atomic mass is 10.1. The number of hydrogen-bond donors (Lipinski definition) is 2. The first kappa shape index (κ1) is 24.7. The van der Waals surface area contributed by atoms with E-state index in [1.807, 2.05) is 17.0 Å². The van der Waals surface area contributed by atoms with Gasteiger partial charge in [0.05, 0.1) is 23.1 Å². The van der Waals surface area contributed by atoms with E-state index in [4.69, 9.17) is 9.47 Å². The van der Waals surface area contributed by atoms with Gasteiger partial charge in [0.1, 0.15) is 18.2 Å². The minimum Gasteiger partial charge on any atom is -0.491 e. The number of hydrogen-bond acceptors (Lipinski definition) is 6. The van der Waals surface area contributed by atoms with Gasteiger partial charge in [-0.15, -0.1) is 0 Å². The van der Waals surface area contributed by atoms with E-state index in [0.717, 1.165) is 37.8 Å². The SMILES string of the molecule is CC(C)(O)CN[C@@H]1CCN(c2ccc(-n3ccc4cc(OC[C@H]5CCCO5)ccc4c3=O)cc2F)C1. The number of nitrogens with one attached hydrogen (secondary N) is 1. The lowest BCUT2D eigenvalue weighted by Gasteiger charge is -2.23. The predicted molar refractivity (Wildman–Crippen MR) is 139 cm³/mol. The summed E-state index contributed by atoms with van der Waals surface area (Å²) < 4.78 is 28.1. The largest absolute Gasteiger partial charge is 0.491 e. The van der Waals surface area contributed by atoms with Crippen LogP contribution in [0.2, 0.25) is 0 Å². The van der Waals surface area contributed by atoms with Crippen molar-refractivity contribution >= 4 is 16.5 Å². The summed E-state index contributed by atoms with van der Waals surface area (Å²) in [5.74, 6) is 0.340. The first-order valence-corrected chi connectivity index (χ1v) is 12.7. The molecule has 0 amide bonds.